The highest BCUT2D eigenvalue weighted by Crippen LogP contribution is 2.13. The predicted octanol–water partition coefficient (Wildman–Crippen LogP) is 1.99. The molecule has 0 fully saturated rings. The maximum absolute atomic E-state index is 12.3. The van der Waals surface area contributed by atoms with Gasteiger partial charge in [0.15, 0.2) is 6.04 Å². The summed E-state index contributed by atoms with van der Waals surface area (Å²) in [5.41, 5.74) is 6.49. The number of aliphatic carboxylic acids is 1. The first-order chi connectivity index (χ1) is 14.3. The van der Waals surface area contributed by atoms with Crippen molar-refractivity contribution >= 4 is 40.4 Å². The predicted molar refractivity (Wildman–Crippen MR) is 113 cm³/mol. The monoisotopic (exact) mass is 558 g/mol. The van der Waals surface area contributed by atoms with Crippen molar-refractivity contribution in [1.82, 2.24) is 5.32 Å². The molecule has 4 N–H and O–H groups in total. The van der Waals surface area contributed by atoms with Crippen molar-refractivity contribution in [1.29, 1.82) is 0 Å². The van der Waals surface area contributed by atoms with E-state index < -0.39 is 46.3 Å². The Balaban J connectivity index is 0.00000110. The van der Waals surface area contributed by atoms with Gasteiger partial charge in [-0.3, -0.25) is 4.79 Å². The quantitative estimate of drug-likeness (QED) is 0.193. The first kappa shape index (κ1) is 28.6. The largest absolute Gasteiger partial charge is 0.490 e. The van der Waals surface area contributed by atoms with Crippen LogP contribution in [0.15, 0.2) is 30.3 Å². The van der Waals surface area contributed by atoms with Gasteiger partial charge in [-0.2, -0.15) is 13.2 Å². The molecule has 1 unspecified atom stereocenters. The van der Waals surface area contributed by atoms with E-state index in [1.807, 2.05) is 30.3 Å². The Morgan fingerprint density at radius 3 is 2.19 bits per heavy atom. The molecule has 0 aliphatic carbocycles. The van der Waals surface area contributed by atoms with Gasteiger partial charge < -0.3 is 25.6 Å². The summed E-state index contributed by atoms with van der Waals surface area (Å²) < 4.78 is 41.8. The van der Waals surface area contributed by atoms with Crippen molar-refractivity contribution in [2.24, 2.45) is 5.73 Å². The van der Waals surface area contributed by atoms with E-state index in [9.17, 15) is 22.8 Å². The number of esters is 1. The zero-order valence-corrected chi connectivity index (χ0v) is 18.7. The van der Waals surface area contributed by atoms with Gasteiger partial charge in [0, 0.05) is 0 Å². The van der Waals surface area contributed by atoms with Gasteiger partial charge >= 0.3 is 18.1 Å². The van der Waals surface area contributed by atoms with E-state index in [1.54, 1.807) is 29.5 Å². The number of hydrogen-bond acceptors (Lipinski definition) is 6. The second-order valence-corrected chi connectivity index (χ2v) is 7.13. The van der Waals surface area contributed by atoms with Gasteiger partial charge in [-0.1, -0.05) is 36.3 Å². The van der Waals surface area contributed by atoms with Crippen LogP contribution >= 0.6 is 22.6 Å². The number of rotatable bonds is 8. The van der Waals surface area contributed by atoms with Crippen LogP contribution in [0.4, 0.5) is 13.2 Å². The van der Waals surface area contributed by atoms with E-state index in [-0.39, 0.29) is 0 Å². The Morgan fingerprint density at radius 2 is 1.77 bits per heavy atom. The fraction of sp³-hybridized carbons (Fsp3) is 0.421. The highest BCUT2D eigenvalue weighted by Gasteiger charge is 2.38. The summed E-state index contributed by atoms with van der Waals surface area (Å²) in [6, 6.07) is 7.72. The Hall–Kier alpha value is -2.37. The molecule has 31 heavy (non-hydrogen) atoms. The molecule has 0 bridgehead atoms. The molecule has 0 saturated heterocycles. The Morgan fingerprint density at radius 1 is 1.26 bits per heavy atom. The summed E-state index contributed by atoms with van der Waals surface area (Å²) in [6.07, 6.45) is -0.499. The first-order valence-corrected chi connectivity index (χ1v) is 9.86. The molecule has 4 atom stereocenters. The van der Waals surface area contributed by atoms with Crippen LogP contribution in [0.3, 0.4) is 0 Å². The van der Waals surface area contributed by atoms with E-state index in [0.29, 0.717) is 6.61 Å². The van der Waals surface area contributed by atoms with Gasteiger partial charge in [-0.25, -0.2) is 9.59 Å². The minimum Gasteiger partial charge on any atom is -0.475 e. The number of carboxylic acid groups (broad SMARTS) is 1. The summed E-state index contributed by atoms with van der Waals surface area (Å²) in [6.45, 7) is 3.49. The van der Waals surface area contributed by atoms with Crippen molar-refractivity contribution in [3.63, 3.8) is 0 Å². The number of alkyl halides is 4. The number of carbonyl (C=O) groups excluding carboxylic acids is 2. The van der Waals surface area contributed by atoms with Gasteiger partial charge in [0.2, 0.25) is 10.0 Å². The minimum absolute atomic E-state index is 0.294. The van der Waals surface area contributed by atoms with E-state index in [4.69, 9.17) is 31.5 Å². The van der Waals surface area contributed by atoms with Crippen LogP contribution in [0.25, 0.3) is 0 Å². The molecule has 0 radical (unpaired) electrons. The van der Waals surface area contributed by atoms with Crippen LogP contribution < -0.4 is 11.1 Å². The fourth-order valence-corrected chi connectivity index (χ4v) is 2.01. The zero-order chi connectivity index (χ0) is 24.2. The first-order valence-electron chi connectivity index (χ1n) is 8.61. The number of amides is 1. The fourth-order valence-electron chi connectivity index (χ4n) is 1.76. The molecule has 0 aliphatic rings. The summed E-state index contributed by atoms with van der Waals surface area (Å²) in [5.74, 6) is -1.61. The lowest BCUT2D eigenvalue weighted by molar-refractivity contribution is -0.192. The topological polar surface area (TPSA) is 128 Å². The molecule has 1 aromatic rings. The lowest BCUT2D eigenvalue weighted by atomic mass is 10.1. The molecule has 0 spiro atoms. The van der Waals surface area contributed by atoms with Gasteiger partial charge in [0.25, 0.3) is 0 Å². The number of carboxylic acids is 1. The molecule has 0 saturated carbocycles. The van der Waals surface area contributed by atoms with Crippen molar-refractivity contribution in [2.45, 2.75) is 48.9 Å². The van der Waals surface area contributed by atoms with Crippen LogP contribution in [0.2, 0.25) is 0 Å². The van der Waals surface area contributed by atoms with Crippen LogP contribution in [-0.4, -0.2) is 51.4 Å². The van der Waals surface area contributed by atoms with Gasteiger partial charge in [-0.15, -0.1) is 6.42 Å². The number of carbonyl (C=O) groups is 3. The molecular weight excluding hydrogens is 536 g/mol. The van der Waals surface area contributed by atoms with Crippen molar-refractivity contribution < 1.29 is 42.1 Å². The lowest BCUT2D eigenvalue weighted by Crippen LogP contribution is -2.53. The third-order valence-electron chi connectivity index (χ3n) is 3.38. The molecule has 12 heteroatoms. The van der Waals surface area contributed by atoms with E-state index >= 15 is 0 Å². The zero-order valence-electron chi connectivity index (χ0n) is 16.6. The number of terminal acetylenes is 1. The number of nitrogens with one attached hydrogen (secondary N) is 1. The molecule has 0 aromatic heterocycles. The van der Waals surface area contributed by atoms with E-state index in [0.717, 1.165) is 5.56 Å². The Labute approximate surface area is 190 Å². The van der Waals surface area contributed by atoms with Crippen LogP contribution in [0, 0.1) is 12.3 Å². The third-order valence-corrected chi connectivity index (χ3v) is 4.00. The van der Waals surface area contributed by atoms with Gasteiger partial charge in [0.1, 0.15) is 0 Å². The van der Waals surface area contributed by atoms with Crippen LogP contribution in [0.5, 0.6) is 0 Å². The molecule has 1 rings (SSSR count). The number of nitrogens with two attached hydrogens (primary N) is 1. The van der Waals surface area contributed by atoms with Gasteiger partial charge in [0.05, 0.1) is 18.8 Å². The highest BCUT2D eigenvalue weighted by molar-refractivity contribution is 14.1. The number of benzene rings is 1. The second-order valence-electron chi connectivity index (χ2n) is 6.00. The maximum Gasteiger partial charge on any atom is 0.490 e. The van der Waals surface area contributed by atoms with E-state index in [1.165, 1.54) is 6.92 Å². The highest BCUT2D eigenvalue weighted by atomic mass is 127. The Bertz CT molecular complexity index is 768. The van der Waals surface area contributed by atoms with Crippen LogP contribution in [-0.2, 0) is 30.5 Å². The van der Waals surface area contributed by atoms with Crippen molar-refractivity contribution in [3.05, 3.63) is 35.9 Å². The summed E-state index contributed by atoms with van der Waals surface area (Å²) in [4.78, 5) is 33.0. The molecule has 1 aromatic carbocycles. The molecule has 8 nitrogen and oxygen atoms in total. The minimum atomic E-state index is -5.08. The molecule has 1 amide bonds. The number of ether oxygens (including phenoxy) is 2. The van der Waals surface area contributed by atoms with Gasteiger partial charge in [-0.05, 0) is 42.0 Å². The molecular formula is C19H22F3IN2O6. The lowest BCUT2D eigenvalue weighted by Gasteiger charge is -2.25. The molecule has 0 heterocycles. The number of halogens is 4. The molecule has 0 aliphatic heterocycles. The normalized spacial score (nSPS) is 14.5. The maximum atomic E-state index is 12.3. The third kappa shape index (κ3) is 12.2. The van der Waals surface area contributed by atoms with E-state index in [2.05, 4.69) is 11.2 Å². The summed E-state index contributed by atoms with van der Waals surface area (Å²) in [7, 11) is 0. The standard InChI is InChI=1S/C17H21IN2O4.C2HF3O2/c1-4-14(18)24-17(22)15(20-16(21)11(2)19)12(3)23-10-13-8-6-5-7-9-13;3-2(4,5)1(6)7/h1,5-9,11-12,14-15H,10,19H2,2-3H3,(H,20,21);(H,6,7)/t11-,12+,14?,15-;/m0./s1. The Kier molecular flexibility index (Phi) is 12.8. The summed E-state index contributed by atoms with van der Waals surface area (Å²) in [5, 5.41) is 9.67. The van der Waals surface area contributed by atoms with Crippen LogP contribution in [0.1, 0.15) is 19.4 Å². The average molecular weight is 558 g/mol. The second kappa shape index (κ2) is 13.8. The SMILES string of the molecule is C#CC(I)OC(=O)[C@@H](NC(=O)[C@H](C)N)[C@@H](C)OCc1ccccc1.O=C(O)C(F)(F)F. The molecule has 172 valence electrons. The van der Waals surface area contributed by atoms with Crippen molar-refractivity contribution in [2.75, 3.05) is 0 Å². The summed E-state index contributed by atoms with van der Waals surface area (Å²) >= 11 is 1.80. The smallest absolute Gasteiger partial charge is 0.475 e. The number of hydrogen-bond donors (Lipinski definition) is 3. The average Bonchev–Trinajstić information content (AvgIpc) is 2.70. The van der Waals surface area contributed by atoms with Crippen molar-refractivity contribution in [3.8, 4) is 12.3 Å².